The second-order valence-corrected chi connectivity index (χ2v) is 5.51. The summed E-state index contributed by atoms with van der Waals surface area (Å²) in [6.07, 6.45) is 0. The molecular weight excluding hydrogens is 244 g/mol. The van der Waals surface area contributed by atoms with Gasteiger partial charge in [-0.05, 0) is 44.0 Å². The summed E-state index contributed by atoms with van der Waals surface area (Å²) in [7, 11) is 1.36. The van der Waals surface area contributed by atoms with Crippen LogP contribution in [0.2, 0.25) is 0 Å². The topological polar surface area (TPSA) is 54.7 Å². The van der Waals surface area contributed by atoms with Gasteiger partial charge in [0.2, 0.25) is 5.76 Å². The predicted octanol–water partition coefficient (Wildman–Crippen LogP) is 1.11. The van der Waals surface area contributed by atoms with E-state index in [0.29, 0.717) is 6.04 Å². The molecule has 2 aliphatic rings. The standard InChI is InChI=1S/C14H20N2O3/c1-9-12-6-15-5-10(12)7-16(9)8-11-3-4-13(19-11)14(17)18-2/h3-4,9-10,12,15H,5-8H2,1-2H3. The van der Waals surface area contributed by atoms with E-state index >= 15 is 0 Å². The maximum Gasteiger partial charge on any atom is 0.373 e. The van der Waals surface area contributed by atoms with Crippen LogP contribution < -0.4 is 5.32 Å². The number of esters is 1. The SMILES string of the molecule is COC(=O)c1ccc(CN2CC3CNCC3C2C)o1. The molecule has 0 radical (unpaired) electrons. The molecule has 104 valence electrons. The molecule has 3 rings (SSSR count). The second-order valence-electron chi connectivity index (χ2n) is 5.51. The number of likely N-dealkylation sites (tertiary alicyclic amines) is 1. The lowest BCUT2D eigenvalue weighted by Gasteiger charge is -2.22. The van der Waals surface area contributed by atoms with Crippen LogP contribution in [0.25, 0.3) is 0 Å². The fourth-order valence-corrected chi connectivity index (χ4v) is 3.34. The Hall–Kier alpha value is -1.33. The Morgan fingerprint density at radius 1 is 1.53 bits per heavy atom. The summed E-state index contributed by atoms with van der Waals surface area (Å²) in [5, 5.41) is 3.45. The van der Waals surface area contributed by atoms with Gasteiger partial charge in [0.05, 0.1) is 13.7 Å². The fourth-order valence-electron chi connectivity index (χ4n) is 3.34. The minimum Gasteiger partial charge on any atom is -0.463 e. The number of hydrogen-bond acceptors (Lipinski definition) is 5. The summed E-state index contributed by atoms with van der Waals surface area (Å²) in [6, 6.07) is 4.11. The van der Waals surface area contributed by atoms with E-state index in [4.69, 9.17) is 4.42 Å². The van der Waals surface area contributed by atoms with Crippen molar-refractivity contribution in [2.45, 2.75) is 19.5 Å². The van der Waals surface area contributed by atoms with Crippen LogP contribution in [0.15, 0.2) is 16.5 Å². The number of rotatable bonds is 3. The number of carbonyl (C=O) groups is 1. The fraction of sp³-hybridized carbons (Fsp3) is 0.643. The Bertz CT molecular complexity index is 471. The molecule has 19 heavy (non-hydrogen) atoms. The normalized spacial score (nSPS) is 30.5. The molecule has 1 aromatic heterocycles. The van der Waals surface area contributed by atoms with Gasteiger partial charge in [0.25, 0.3) is 0 Å². The van der Waals surface area contributed by atoms with Crippen molar-refractivity contribution in [3.05, 3.63) is 23.7 Å². The molecule has 1 aromatic rings. The Morgan fingerprint density at radius 3 is 3.11 bits per heavy atom. The molecule has 3 unspecified atom stereocenters. The van der Waals surface area contributed by atoms with Gasteiger partial charge in [-0.2, -0.15) is 0 Å². The van der Waals surface area contributed by atoms with Crippen molar-refractivity contribution in [2.75, 3.05) is 26.7 Å². The van der Waals surface area contributed by atoms with Gasteiger partial charge in [-0.1, -0.05) is 0 Å². The molecule has 2 aliphatic heterocycles. The van der Waals surface area contributed by atoms with E-state index in [-0.39, 0.29) is 5.76 Å². The van der Waals surface area contributed by atoms with Gasteiger partial charge in [0.1, 0.15) is 5.76 Å². The molecule has 0 amide bonds. The number of furan rings is 1. The van der Waals surface area contributed by atoms with Crippen LogP contribution in [-0.2, 0) is 11.3 Å². The number of nitrogens with one attached hydrogen (secondary N) is 1. The van der Waals surface area contributed by atoms with E-state index in [2.05, 4.69) is 21.9 Å². The summed E-state index contributed by atoms with van der Waals surface area (Å²) in [5.41, 5.74) is 0. The largest absolute Gasteiger partial charge is 0.463 e. The van der Waals surface area contributed by atoms with E-state index in [1.165, 1.54) is 7.11 Å². The lowest BCUT2D eigenvalue weighted by atomic mass is 9.95. The maximum atomic E-state index is 11.4. The molecule has 0 aliphatic carbocycles. The van der Waals surface area contributed by atoms with Gasteiger partial charge in [0.15, 0.2) is 0 Å². The highest BCUT2D eigenvalue weighted by atomic mass is 16.5. The zero-order chi connectivity index (χ0) is 13.4. The molecule has 0 spiro atoms. The monoisotopic (exact) mass is 264 g/mol. The highest BCUT2D eigenvalue weighted by Gasteiger charge is 2.41. The Labute approximate surface area is 112 Å². The Morgan fingerprint density at radius 2 is 2.37 bits per heavy atom. The van der Waals surface area contributed by atoms with E-state index in [1.807, 2.05) is 6.07 Å². The molecule has 0 aromatic carbocycles. The van der Waals surface area contributed by atoms with Gasteiger partial charge in [0, 0.05) is 12.6 Å². The summed E-state index contributed by atoms with van der Waals surface area (Å²) in [4.78, 5) is 13.8. The van der Waals surface area contributed by atoms with Gasteiger partial charge < -0.3 is 14.5 Å². The molecule has 0 saturated carbocycles. The van der Waals surface area contributed by atoms with Crippen molar-refractivity contribution in [3.8, 4) is 0 Å². The number of ether oxygens (including phenoxy) is 1. The van der Waals surface area contributed by atoms with E-state index < -0.39 is 5.97 Å². The van der Waals surface area contributed by atoms with Crippen molar-refractivity contribution < 1.29 is 13.9 Å². The average Bonchev–Trinajstić information content (AvgIpc) is 3.09. The van der Waals surface area contributed by atoms with Crippen molar-refractivity contribution in [2.24, 2.45) is 11.8 Å². The summed E-state index contributed by atoms with van der Waals surface area (Å²) >= 11 is 0. The van der Waals surface area contributed by atoms with Crippen LogP contribution in [0, 0.1) is 11.8 Å². The predicted molar refractivity (Wildman–Crippen MR) is 69.8 cm³/mol. The lowest BCUT2D eigenvalue weighted by Crippen LogP contribution is -2.32. The zero-order valence-electron chi connectivity index (χ0n) is 11.4. The minimum absolute atomic E-state index is 0.284. The lowest BCUT2D eigenvalue weighted by molar-refractivity contribution is 0.0561. The maximum absolute atomic E-state index is 11.4. The molecule has 3 heterocycles. The average molecular weight is 264 g/mol. The molecule has 0 bridgehead atoms. The summed E-state index contributed by atoms with van der Waals surface area (Å²) < 4.78 is 10.2. The van der Waals surface area contributed by atoms with Crippen molar-refractivity contribution >= 4 is 5.97 Å². The smallest absolute Gasteiger partial charge is 0.373 e. The Balaban J connectivity index is 1.65. The zero-order valence-corrected chi connectivity index (χ0v) is 11.4. The molecule has 5 nitrogen and oxygen atoms in total. The summed E-state index contributed by atoms with van der Waals surface area (Å²) in [5.74, 6) is 2.20. The van der Waals surface area contributed by atoms with Gasteiger partial charge in [-0.15, -0.1) is 0 Å². The quantitative estimate of drug-likeness (QED) is 0.829. The molecule has 2 saturated heterocycles. The van der Waals surface area contributed by atoms with Gasteiger partial charge >= 0.3 is 5.97 Å². The third-order valence-corrected chi connectivity index (χ3v) is 4.46. The molecule has 5 heteroatoms. The molecular formula is C14H20N2O3. The number of hydrogen-bond donors (Lipinski definition) is 1. The van der Waals surface area contributed by atoms with E-state index in [0.717, 1.165) is 43.8 Å². The van der Waals surface area contributed by atoms with Crippen molar-refractivity contribution in [1.29, 1.82) is 0 Å². The first-order valence-electron chi connectivity index (χ1n) is 6.81. The van der Waals surface area contributed by atoms with Crippen LogP contribution in [0.4, 0.5) is 0 Å². The second kappa shape index (κ2) is 4.98. The van der Waals surface area contributed by atoms with Crippen molar-refractivity contribution in [3.63, 3.8) is 0 Å². The van der Waals surface area contributed by atoms with Gasteiger partial charge in [-0.25, -0.2) is 4.79 Å². The first-order chi connectivity index (χ1) is 9.19. The minimum atomic E-state index is -0.415. The number of methoxy groups -OCH3 is 1. The third-order valence-electron chi connectivity index (χ3n) is 4.46. The van der Waals surface area contributed by atoms with Gasteiger partial charge in [-0.3, -0.25) is 4.90 Å². The van der Waals surface area contributed by atoms with Crippen LogP contribution in [0.5, 0.6) is 0 Å². The van der Waals surface area contributed by atoms with E-state index in [9.17, 15) is 4.79 Å². The Kier molecular flexibility index (Phi) is 3.33. The number of nitrogens with zero attached hydrogens (tertiary/aromatic N) is 1. The third kappa shape index (κ3) is 2.28. The first kappa shape index (κ1) is 12.7. The molecule has 1 N–H and O–H groups in total. The van der Waals surface area contributed by atoms with Crippen LogP contribution in [0.3, 0.4) is 0 Å². The van der Waals surface area contributed by atoms with Crippen LogP contribution in [0.1, 0.15) is 23.2 Å². The highest BCUT2D eigenvalue weighted by Crippen LogP contribution is 2.33. The van der Waals surface area contributed by atoms with Crippen LogP contribution >= 0.6 is 0 Å². The molecule has 3 atom stereocenters. The number of carbonyl (C=O) groups excluding carboxylic acids is 1. The summed E-state index contributed by atoms with van der Waals surface area (Å²) in [6.45, 7) is 6.39. The van der Waals surface area contributed by atoms with E-state index in [1.54, 1.807) is 6.07 Å². The first-order valence-corrected chi connectivity index (χ1v) is 6.81. The highest BCUT2D eigenvalue weighted by molar-refractivity contribution is 5.86. The van der Waals surface area contributed by atoms with Crippen LogP contribution in [-0.4, -0.2) is 43.7 Å². The van der Waals surface area contributed by atoms with Crippen molar-refractivity contribution in [1.82, 2.24) is 10.2 Å². The number of fused-ring (bicyclic) bond motifs is 1. The molecule has 2 fully saturated rings.